The Labute approximate surface area is 174 Å². The van der Waals surface area contributed by atoms with Crippen LogP contribution in [0.5, 0.6) is 0 Å². The Bertz CT molecular complexity index is 596. The fourth-order valence-electron chi connectivity index (χ4n) is 6.38. The van der Waals surface area contributed by atoms with E-state index in [0.717, 1.165) is 6.42 Å². The van der Waals surface area contributed by atoms with E-state index in [0.29, 0.717) is 25.7 Å². The third-order valence-corrected chi connectivity index (χ3v) is 12.2. The van der Waals surface area contributed by atoms with E-state index in [1.165, 1.54) is 0 Å². The fraction of sp³-hybridized carbons (Fsp3) is 1.00. The van der Waals surface area contributed by atoms with E-state index in [2.05, 4.69) is 45.7 Å². The molecule has 0 aromatic rings. The molecule has 0 heterocycles. The molecular weight excluding hydrogens is 464 g/mol. The van der Waals surface area contributed by atoms with Crippen LogP contribution in [0.15, 0.2) is 0 Å². The van der Waals surface area contributed by atoms with Gasteiger partial charge in [-0.05, 0) is 44.4 Å². The average molecular weight is 498 g/mol. The first-order valence-corrected chi connectivity index (χ1v) is 11.6. The number of halogens is 2. The minimum absolute atomic E-state index is 0.0717. The van der Waals surface area contributed by atoms with Gasteiger partial charge in [-0.3, -0.25) is 0 Å². The number of alkyl halides is 2. The van der Waals surface area contributed by atoms with Gasteiger partial charge in [0.2, 0.25) is 0 Å². The van der Waals surface area contributed by atoms with Crippen molar-refractivity contribution >= 4 is 31.9 Å². The standard InChI is InChI=1S/C20H34Br2O4/c1-15(2)13(22)10-14(23)18(15,5)19(25)9-8-16(3)12(21)6-7-17(4,24)20(16,26)11-19/h12-14,23-26H,6-11H2,1-5H3. The van der Waals surface area contributed by atoms with Gasteiger partial charge in [0.25, 0.3) is 0 Å². The summed E-state index contributed by atoms with van der Waals surface area (Å²) in [7, 11) is 0. The van der Waals surface area contributed by atoms with E-state index in [1.54, 1.807) is 6.92 Å². The lowest BCUT2D eigenvalue weighted by Crippen LogP contribution is -2.75. The summed E-state index contributed by atoms with van der Waals surface area (Å²) in [5.74, 6) is 0. The fourth-order valence-corrected chi connectivity index (χ4v) is 8.04. The minimum Gasteiger partial charge on any atom is -0.392 e. The Morgan fingerprint density at radius 3 is 1.92 bits per heavy atom. The van der Waals surface area contributed by atoms with Crippen LogP contribution in [0.2, 0.25) is 0 Å². The molecule has 4 nitrogen and oxygen atoms in total. The molecule has 0 amide bonds. The summed E-state index contributed by atoms with van der Waals surface area (Å²) in [6.45, 7) is 9.82. The molecule has 152 valence electrons. The number of rotatable bonds is 1. The van der Waals surface area contributed by atoms with Gasteiger partial charge in [-0.15, -0.1) is 0 Å². The molecule has 0 spiro atoms. The second kappa shape index (κ2) is 5.91. The second-order valence-corrected chi connectivity index (χ2v) is 12.6. The van der Waals surface area contributed by atoms with Crippen LogP contribution in [0.4, 0.5) is 0 Å². The van der Waals surface area contributed by atoms with Gasteiger partial charge in [-0.1, -0.05) is 59.6 Å². The third-order valence-electron chi connectivity index (χ3n) is 9.20. The second-order valence-electron chi connectivity index (χ2n) is 10.4. The Kier molecular flexibility index (Phi) is 4.89. The van der Waals surface area contributed by atoms with Gasteiger partial charge in [0.05, 0.1) is 17.3 Å². The number of hydrogen-bond donors (Lipinski definition) is 4. The van der Waals surface area contributed by atoms with Crippen LogP contribution < -0.4 is 0 Å². The van der Waals surface area contributed by atoms with Crippen LogP contribution in [0.1, 0.15) is 73.1 Å². The summed E-state index contributed by atoms with van der Waals surface area (Å²) in [6, 6.07) is 0. The van der Waals surface area contributed by atoms with Crippen molar-refractivity contribution in [2.24, 2.45) is 16.2 Å². The molecule has 0 radical (unpaired) electrons. The monoisotopic (exact) mass is 496 g/mol. The van der Waals surface area contributed by atoms with Crippen molar-refractivity contribution in [3.8, 4) is 0 Å². The summed E-state index contributed by atoms with van der Waals surface area (Å²) < 4.78 is 0. The predicted molar refractivity (Wildman–Crippen MR) is 110 cm³/mol. The Balaban J connectivity index is 2.10. The number of hydrogen-bond acceptors (Lipinski definition) is 4. The van der Waals surface area contributed by atoms with E-state index in [4.69, 9.17) is 0 Å². The summed E-state index contributed by atoms with van der Waals surface area (Å²) in [5.41, 5.74) is -5.65. The van der Waals surface area contributed by atoms with Gasteiger partial charge in [-0.25, -0.2) is 0 Å². The lowest BCUT2D eigenvalue weighted by molar-refractivity contribution is -0.298. The van der Waals surface area contributed by atoms with Crippen molar-refractivity contribution in [3.05, 3.63) is 0 Å². The molecule has 3 fully saturated rings. The highest BCUT2D eigenvalue weighted by Crippen LogP contribution is 2.68. The van der Waals surface area contributed by atoms with Gasteiger partial charge < -0.3 is 20.4 Å². The van der Waals surface area contributed by atoms with Crippen molar-refractivity contribution in [1.82, 2.24) is 0 Å². The molecule has 4 N–H and O–H groups in total. The SMILES string of the molecule is CC1(O)CCC(Br)C2(C)CCC(O)(C3(C)C(O)CC(Br)C3(C)C)CC12O. The molecule has 3 aliphatic carbocycles. The largest absolute Gasteiger partial charge is 0.392 e. The maximum atomic E-state index is 11.9. The van der Waals surface area contributed by atoms with E-state index in [1.807, 2.05) is 13.8 Å². The van der Waals surface area contributed by atoms with Gasteiger partial charge >= 0.3 is 0 Å². The van der Waals surface area contributed by atoms with Gasteiger partial charge in [0.1, 0.15) is 5.60 Å². The Morgan fingerprint density at radius 2 is 1.42 bits per heavy atom. The van der Waals surface area contributed by atoms with Crippen molar-refractivity contribution in [2.45, 2.75) is 106 Å². The van der Waals surface area contributed by atoms with Crippen molar-refractivity contribution in [1.29, 1.82) is 0 Å². The molecule has 0 bridgehead atoms. The highest BCUT2D eigenvalue weighted by atomic mass is 79.9. The summed E-state index contributed by atoms with van der Waals surface area (Å²) in [5, 5.41) is 45.9. The van der Waals surface area contributed by atoms with Crippen LogP contribution in [-0.2, 0) is 0 Å². The smallest absolute Gasteiger partial charge is 0.102 e. The van der Waals surface area contributed by atoms with E-state index < -0.39 is 33.7 Å². The number of aliphatic hydroxyl groups is 4. The van der Waals surface area contributed by atoms with Crippen LogP contribution in [0.25, 0.3) is 0 Å². The van der Waals surface area contributed by atoms with Crippen LogP contribution >= 0.6 is 31.9 Å². The zero-order chi connectivity index (χ0) is 20.0. The minimum atomic E-state index is -1.43. The van der Waals surface area contributed by atoms with E-state index in [-0.39, 0.29) is 21.5 Å². The first-order valence-electron chi connectivity index (χ1n) is 9.72. The third kappa shape index (κ3) is 2.32. The van der Waals surface area contributed by atoms with Gasteiger partial charge in [-0.2, -0.15) is 0 Å². The molecule has 8 atom stereocenters. The van der Waals surface area contributed by atoms with Crippen LogP contribution in [0.3, 0.4) is 0 Å². The lowest BCUT2D eigenvalue weighted by Gasteiger charge is -2.67. The van der Waals surface area contributed by atoms with Crippen LogP contribution in [-0.4, -0.2) is 53.0 Å². The molecule has 8 unspecified atom stereocenters. The molecule has 6 heteroatoms. The first-order chi connectivity index (χ1) is 11.6. The Hall–Kier alpha value is 0.800. The van der Waals surface area contributed by atoms with Crippen molar-refractivity contribution < 1.29 is 20.4 Å². The molecule has 3 saturated carbocycles. The normalized spacial score (nSPS) is 59.9. The zero-order valence-electron chi connectivity index (χ0n) is 16.5. The molecule has 0 aromatic heterocycles. The molecule has 0 saturated heterocycles. The quantitative estimate of drug-likeness (QED) is 0.418. The highest BCUT2D eigenvalue weighted by Gasteiger charge is 2.73. The number of fused-ring (bicyclic) bond motifs is 1. The molecule has 3 rings (SSSR count). The van der Waals surface area contributed by atoms with Crippen molar-refractivity contribution in [2.75, 3.05) is 0 Å². The maximum absolute atomic E-state index is 11.9. The molecule has 26 heavy (non-hydrogen) atoms. The number of aliphatic hydroxyl groups excluding tert-OH is 1. The summed E-state index contributed by atoms with van der Waals surface area (Å²) in [6.07, 6.45) is 2.33. The summed E-state index contributed by atoms with van der Waals surface area (Å²) >= 11 is 7.44. The van der Waals surface area contributed by atoms with Gasteiger partial charge in [0, 0.05) is 26.9 Å². The highest BCUT2D eigenvalue weighted by molar-refractivity contribution is 9.09. The first kappa shape index (κ1) is 21.5. The topological polar surface area (TPSA) is 80.9 Å². The molecule has 3 aliphatic rings. The van der Waals surface area contributed by atoms with Crippen molar-refractivity contribution in [3.63, 3.8) is 0 Å². The summed E-state index contributed by atoms with van der Waals surface area (Å²) in [4.78, 5) is 0.167. The van der Waals surface area contributed by atoms with Gasteiger partial charge in [0.15, 0.2) is 0 Å². The predicted octanol–water partition coefficient (Wildman–Crippen LogP) is 3.51. The molecular formula is C20H34Br2O4. The van der Waals surface area contributed by atoms with Crippen LogP contribution in [0, 0.1) is 16.2 Å². The maximum Gasteiger partial charge on any atom is 0.102 e. The zero-order valence-corrected chi connectivity index (χ0v) is 19.7. The molecule has 0 aromatic carbocycles. The molecule has 0 aliphatic heterocycles. The lowest BCUT2D eigenvalue weighted by atomic mass is 9.44. The van der Waals surface area contributed by atoms with E-state index in [9.17, 15) is 20.4 Å². The average Bonchev–Trinajstić information content (AvgIpc) is 2.68. The van der Waals surface area contributed by atoms with E-state index >= 15 is 0 Å². The Morgan fingerprint density at radius 1 is 0.846 bits per heavy atom.